The molecule has 1 saturated heterocycles. The van der Waals surface area contributed by atoms with Crippen molar-refractivity contribution in [1.82, 2.24) is 5.32 Å². The third kappa shape index (κ3) is 6.00. The van der Waals surface area contributed by atoms with Crippen LogP contribution in [0.3, 0.4) is 0 Å². The number of hydrogen-bond donors (Lipinski definition) is 1. The van der Waals surface area contributed by atoms with Gasteiger partial charge in [-0.15, -0.1) is 0 Å². The molecule has 0 radical (unpaired) electrons. The molecule has 17 heavy (non-hydrogen) atoms. The zero-order chi connectivity index (χ0) is 12.9. The van der Waals surface area contributed by atoms with Gasteiger partial charge in [-0.3, -0.25) is 4.79 Å². The standard InChI is InChI=1S/C12H23NO4/c1-9(11(14)17-12(2,3)4)13-7-10-8-15-5-6-16-10/h9-10,13H,5-8H2,1-4H3. The van der Waals surface area contributed by atoms with Gasteiger partial charge in [-0.05, 0) is 27.7 Å². The highest BCUT2D eigenvalue weighted by molar-refractivity contribution is 5.75. The summed E-state index contributed by atoms with van der Waals surface area (Å²) < 4.78 is 16.0. The fourth-order valence-corrected chi connectivity index (χ4v) is 1.44. The van der Waals surface area contributed by atoms with Crippen molar-refractivity contribution >= 4 is 5.97 Å². The first kappa shape index (κ1) is 14.4. The summed E-state index contributed by atoms with van der Waals surface area (Å²) in [4.78, 5) is 11.7. The van der Waals surface area contributed by atoms with Gasteiger partial charge in [0.05, 0.1) is 25.9 Å². The van der Waals surface area contributed by atoms with Gasteiger partial charge in [0, 0.05) is 6.54 Å². The monoisotopic (exact) mass is 245 g/mol. The van der Waals surface area contributed by atoms with Gasteiger partial charge in [-0.1, -0.05) is 0 Å². The molecule has 0 aromatic rings. The Labute approximate surface area is 103 Å². The summed E-state index contributed by atoms with van der Waals surface area (Å²) in [5.41, 5.74) is -0.447. The van der Waals surface area contributed by atoms with E-state index in [1.165, 1.54) is 0 Å². The molecule has 5 nitrogen and oxygen atoms in total. The topological polar surface area (TPSA) is 56.8 Å². The van der Waals surface area contributed by atoms with E-state index >= 15 is 0 Å². The smallest absolute Gasteiger partial charge is 0.323 e. The molecule has 0 aromatic heterocycles. The fourth-order valence-electron chi connectivity index (χ4n) is 1.44. The summed E-state index contributed by atoms with van der Waals surface area (Å²) >= 11 is 0. The zero-order valence-electron chi connectivity index (χ0n) is 11.1. The van der Waals surface area contributed by atoms with E-state index in [9.17, 15) is 4.79 Å². The number of nitrogens with one attached hydrogen (secondary N) is 1. The molecule has 2 atom stereocenters. The Hall–Kier alpha value is -0.650. The van der Waals surface area contributed by atoms with Crippen LogP contribution >= 0.6 is 0 Å². The quantitative estimate of drug-likeness (QED) is 0.740. The average molecular weight is 245 g/mol. The Balaban J connectivity index is 2.23. The number of carbonyl (C=O) groups excluding carboxylic acids is 1. The van der Waals surface area contributed by atoms with Crippen molar-refractivity contribution in [3.05, 3.63) is 0 Å². The minimum atomic E-state index is -0.447. The van der Waals surface area contributed by atoms with Crippen LogP contribution in [0.15, 0.2) is 0 Å². The molecular formula is C12H23NO4. The van der Waals surface area contributed by atoms with Gasteiger partial charge in [0.15, 0.2) is 0 Å². The van der Waals surface area contributed by atoms with E-state index in [0.717, 1.165) is 0 Å². The summed E-state index contributed by atoms with van der Waals surface area (Å²) in [6, 6.07) is -0.334. The van der Waals surface area contributed by atoms with E-state index in [4.69, 9.17) is 14.2 Å². The molecule has 0 spiro atoms. The Morgan fingerprint density at radius 2 is 2.18 bits per heavy atom. The lowest BCUT2D eigenvalue weighted by molar-refractivity contribution is -0.157. The SMILES string of the molecule is CC(NCC1COCCO1)C(=O)OC(C)(C)C. The predicted molar refractivity (Wildman–Crippen MR) is 63.9 cm³/mol. The third-order valence-corrected chi connectivity index (χ3v) is 2.30. The summed E-state index contributed by atoms with van der Waals surface area (Å²) in [5, 5.41) is 3.10. The highest BCUT2D eigenvalue weighted by Gasteiger charge is 2.23. The normalized spacial score (nSPS) is 23.2. The van der Waals surface area contributed by atoms with Gasteiger partial charge in [0.1, 0.15) is 11.6 Å². The van der Waals surface area contributed by atoms with Gasteiger partial charge in [0.25, 0.3) is 0 Å². The van der Waals surface area contributed by atoms with Crippen molar-refractivity contribution in [3.63, 3.8) is 0 Å². The third-order valence-electron chi connectivity index (χ3n) is 2.30. The number of ether oxygens (including phenoxy) is 3. The average Bonchev–Trinajstić information content (AvgIpc) is 2.25. The first-order valence-corrected chi connectivity index (χ1v) is 6.04. The first-order valence-electron chi connectivity index (χ1n) is 6.04. The lowest BCUT2D eigenvalue weighted by atomic mass is 10.2. The Bertz CT molecular complexity index is 243. The molecule has 0 aromatic carbocycles. The van der Waals surface area contributed by atoms with E-state index in [1.54, 1.807) is 6.92 Å². The van der Waals surface area contributed by atoms with Crippen molar-refractivity contribution < 1.29 is 19.0 Å². The minimum absolute atomic E-state index is 0.0219. The van der Waals surface area contributed by atoms with Crippen LogP contribution in [0, 0.1) is 0 Å². The summed E-state index contributed by atoms with van der Waals surface area (Å²) in [6.07, 6.45) is 0.0219. The predicted octanol–water partition coefficient (Wildman–Crippen LogP) is 0.722. The van der Waals surface area contributed by atoms with Crippen molar-refractivity contribution in [1.29, 1.82) is 0 Å². The molecule has 1 rings (SSSR count). The lowest BCUT2D eigenvalue weighted by Crippen LogP contribution is -2.45. The van der Waals surface area contributed by atoms with Crippen molar-refractivity contribution in [2.45, 2.75) is 45.4 Å². The Morgan fingerprint density at radius 3 is 2.71 bits per heavy atom. The zero-order valence-corrected chi connectivity index (χ0v) is 11.1. The lowest BCUT2D eigenvalue weighted by Gasteiger charge is -2.26. The van der Waals surface area contributed by atoms with Crippen molar-refractivity contribution in [3.8, 4) is 0 Å². The van der Waals surface area contributed by atoms with Crippen LogP contribution in [0.5, 0.6) is 0 Å². The largest absolute Gasteiger partial charge is 0.459 e. The van der Waals surface area contributed by atoms with E-state index < -0.39 is 5.60 Å². The number of esters is 1. The second kappa shape index (κ2) is 6.33. The van der Waals surface area contributed by atoms with Gasteiger partial charge in [-0.2, -0.15) is 0 Å². The van der Waals surface area contributed by atoms with E-state index in [2.05, 4.69) is 5.32 Å². The highest BCUT2D eigenvalue weighted by Crippen LogP contribution is 2.08. The first-order chi connectivity index (χ1) is 7.88. The molecule has 1 heterocycles. The molecule has 2 unspecified atom stereocenters. The maximum absolute atomic E-state index is 11.7. The van der Waals surface area contributed by atoms with Gasteiger partial charge < -0.3 is 19.5 Å². The van der Waals surface area contributed by atoms with Crippen LogP contribution in [0.1, 0.15) is 27.7 Å². The van der Waals surface area contributed by atoms with Crippen LogP contribution < -0.4 is 5.32 Å². The molecular weight excluding hydrogens is 222 g/mol. The molecule has 0 aliphatic carbocycles. The molecule has 1 N–H and O–H groups in total. The molecule has 5 heteroatoms. The van der Waals surface area contributed by atoms with E-state index in [0.29, 0.717) is 26.4 Å². The number of carbonyl (C=O) groups is 1. The Kier molecular flexibility index (Phi) is 5.36. The number of rotatable bonds is 4. The maximum Gasteiger partial charge on any atom is 0.323 e. The second-order valence-corrected chi connectivity index (χ2v) is 5.23. The Morgan fingerprint density at radius 1 is 1.47 bits per heavy atom. The molecule has 100 valence electrons. The minimum Gasteiger partial charge on any atom is -0.459 e. The van der Waals surface area contributed by atoms with E-state index in [1.807, 2.05) is 20.8 Å². The van der Waals surface area contributed by atoms with Crippen LogP contribution in [0.4, 0.5) is 0 Å². The summed E-state index contributed by atoms with van der Waals surface area (Å²) in [7, 11) is 0. The van der Waals surface area contributed by atoms with Crippen LogP contribution in [-0.4, -0.2) is 50.1 Å². The fraction of sp³-hybridized carbons (Fsp3) is 0.917. The van der Waals surface area contributed by atoms with Crippen LogP contribution in [-0.2, 0) is 19.0 Å². The van der Waals surface area contributed by atoms with Crippen LogP contribution in [0.2, 0.25) is 0 Å². The molecule has 0 saturated carbocycles. The van der Waals surface area contributed by atoms with E-state index in [-0.39, 0.29) is 18.1 Å². The number of hydrogen-bond acceptors (Lipinski definition) is 5. The molecule has 1 aliphatic heterocycles. The molecule has 0 bridgehead atoms. The highest BCUT2D eigenvalue weighted by atomic mass is 16.6. The summed E-state index contributed by atoms with van der Waals surface area (Å²) in [6.45, 7) is 9.80. The van der Waals surface area contributed by atoms with Gasteiger partial charge in [0.2, 0.25) is 0 Å². The van der Waals surface area contributed by atoms with Gasteiger partial charge >= 0.3 is 5.97 Å². The van der Waals surface area contributed by atoms with Crippen LogP contribution in [0.25, 0.3) is 0 Å². The van der Waals surface area contributed by atoms with Crippen molar-refractivity contribution in [2.75, 3.05) is 26.4 Å². The molecule has 1 aliphatic rings. The maximum atomic E-state index is 11.7. The van der Waals surface area contributed by atoms with Crippen molar-refractivity contribution in [2.24, 2.45) is 0 Å². The van der Waals surface area contributed by atoms with Gasteiger partial charge in [-0.25, -0.2) is 0 Å². The summed E-state index contributed by atoms with van der Waals surface area (Å²) in [5.74, 6) is -0.241. The molecule has 1 fully saturated rings. The second-order valence-electron chi connectivity index (χ2n) is 5.23. The molecule has 0 amide bonds.